The highest BCUT2D eigenvalue weighted by Crippen LogP contribution is 2.26. The lowest BCUT2D eigenvalue weighted by atomic mass is 10.1. The van der Waals surface area contributed by atoms with Gasteiger partial charge in [0.15, 0.2) is 0 Å². The summed E-state index contributed by atoms with van der Waals surface area (Å²) in [6, 6.07) is 14.1. The standard InChI is InChI=1S/C16H17BrClNO/c1-11(14-5-3-4-6-16(14)20-2)19-10-12-7-8-13(17)9-15(12)18/h3-9,11,19H,10H2,1-2H3/t11-/m1/s1. The lowest BCUT2D eigenvalue weighted by molar-refractivity contribution is 0.401. The first-order valence-corrected chi connectivity index (χ1v) is 7.59. The summed E-state index contributed by atoms with van der Waals surface area (Å²) in [7, 11) is 1.69. The number of hydrogen-bond donors (Lipinski definition) is 1. The summed E-state index contributed by atoms with van der Waals surface area (Å²) in [6.07, 6.45) is 0. The third kappa shape index (κ3) is 3.75. The minimum atomic E-state index is 0.186. The average molecular weight is 355 g/mol. The Morgan fingerprint density at radius 2 is 2.00 bits per heavy atom. The van der Waals surface area contributed by atoms with Crippen molar-refractivity contribution < 1.29 is 4.74 Å². The number of ether oxygens (including phenoxy) is 1. The van der Waals surface area contributed by atoms with E-state index in [0.717, 1.165) is 26.4 Å². The number of halogens is 2. The van der Waals surface area contributed by atoms with Crippen LogP contribution in [0.25, 0.3) is 0 Å². The zero-order chi connectivity index (χ0) is 14.5. The summed E-state index contributed by atoms with van der Waals surface area (Å²) < 4.78 is 6.38. The Balaban J connectivity index is 2.06. The lowest BCUT2D eigenvalue weighted by Gasteiger charge is -2.17. The van der Waals surface area contributed by atoms with Crippen LogP contribution in [0.15, 0.2) is 46.9 Å². The van der Waals surface area contributed by atoms with Crippen LogP contribution in [0.2, 0.25) is 5.02 Å². The minimum Gasteiger partial charge on any atom is -0.496 e. The second-order valence-corrected chi connectivity index (χ2v) is 5.90. The molecule has 0 unspecified atom stereocenters. The van der Waals surface area contributed by atoms with Crippen molar-refractivity contribution in [3.63, 3.8) is 0 Å². The number of benzene rings is 2. The Kier molecular flexibility index (Phi) is 5.46. The van der Waals surface area contributed by atoms with E-state index in [1.165, 1.54) is 0 Å². The fourth-order valence-corrected chi connectivity index (χ4v) is 2.80. The summed E-state index contributed by atoms with van der Waals surface area (Å²) >= 11 is 9.63. The maximum absolute atomic E-state index is 6.22. The van der Waals surface area contributed by atoms with Gasteiger partial charge in [0.25, 0.3) is 0 Å². The topological polar surface area (TPSA) is 21.3 Å². The first kappa shape index (κ1) is 15.4. The molecule has 1 N–H and O–H groups in total. The maximum atomic E-state index is 6.22. The van der Waals surface area contributed by atoms with E-state index < -0.39 is 0 Å². The first-order valence-electron chi connectivity index (χ1n) is 6.42. The molecule has 1 atom stereocenters. The SMILES string of the molecule is COc1ccccc1[C@@H](C)NCc1ccc(Br)cc1Cl. The fraction of sp³-hybridized carbons (Fsp3) is 0.250. The second-order valence-electron chi connectivity index (χ2n) is 4.58. The molecule has 0 aliphatic carbocycles. The van der Waals surface area contributed by atoms with Crippen LogP contribution in [0.1, 0.15) is 24.1 Å². The van der Waals surface area contributed by atoms with E-state index >= 15 is 0 Å². The largest absolute Gasteiger partial charge is 0.496 e. The van der Waals surface area contributed by atoms with Crippen LogP contribution < -0.4 is 10.1 Å². The van der Waals surface area contributed by atoms with Crippen molar-refractivity contribution in [2.45, 2.75) is 19.5 Å². The predicted octanol–water partition coefficient (Wildman–Crippen LogP) is 4.96. The molecule has 106 valence electrons. The van der Waals surface area contributed by atoms with Crippen molar-refractivity contribution in [1.29, 1.82) is 0 Å². The monoisotopic (exact) mass is 353 g/mol. The van der Waals surface area contributed by atoms with Crippen molar-refractivity contribution in [2.24, 2.45) is 0 Å². The molecule has 2 aromatic carbocycles. The molecule has 0 saturated carbocycles. The van der Waals surface area contributed by atoms with Crippen LogP contribution in [0.3, 0.4) is 0 Å². The van der Waals surface area contributed by atoms with E-state index in [1.54, 1.807) is 7.11 Å². The van der Waals surface area contributed by atoms with Gasteiger partial charge in [-0.2, -0.15) is 0 Å². The molecule has 0 fully saturated rings. The van der Waals surface area contributed by atoms with Gasteiger partial charge in [-0.05, 0) is 30.7 Å². The Hall–Kier alpha value is -1.03. The summed E-state index contributed by atoms with van der Waals surface area (Å²) in [4.78, 5) is 0. The highest BCUT2D eigenvalue weighted by Gasteiger charge is 2.11. The molecule has 0 amide bonds. The molecule has 2 aromatic rings. The quantitative estimate of drug-likeness (QED) is 0.819. The molecule has 0 bridgehead atoms. The Morgan fingerprint density at radius 3 is 2.70 bits per heavy atom. The Morgan fingerprint density at radius 1 is 1.25 bits per heavy atom. The van der Waals surface area contributed by atoms with Crippen LogP contribution in [0, 0.1) is 0 Å². The van der Waals surface area contributed by atoms with Crippen molar-refractivity contribution in [2.75, 3.05) is 7.11 Å². The predicted molar refractivity (Wildman–Crippen MR) is 87.4 cm³/mol. The van der Waals surface area contributed by atoms with Crippen molar-refractivity contribution in [3.8, 4) is 5.75 Å². The highest BCUT2D eigenvalue weighted by molar-refractivity contribution is 9.10. The Labute approximate surface area is 133 Å². The van der Waals surface area contributed by atoms with Crippen molar-refractivity contribution in [1.82, 2.24) is 5.32 Å². The van der Waals surface area contributed by atoms with Crippen molar-refractivity contribution >= 4 is 27.5 Å². The van der Waals surface area contributed by atoms with E-state index in [9.17, 15) is 0 Å². The zero-order valence-electron chi connectivity index (χ0n) is 11.5. The van der Waals surface area contributed by atoms with E-state index in [4.69, 9.17) is 16.3 Å². The lowest BCUT2D eigenvalue weighted by Crippen LogP contribution is -2.18. The molecular weight excluding hydrogens is 338 g/mol. The summed E-state index contributed by atoms with van der Waals surface area (Å²) in [5.41, 5.74) is 2.22. The number of para-hydroxylation sites is 1. The van der Waals surface area contributed by atoms with E-state index in [0.29, 0.717) is 6.54 Å². The van der Waals surface area contributed by atoms with Gasteiger partial charge in [-0.3, -0.25) is 0 Å². The molecule has 2 nitrogen and oxygen atoms in total. The normalized spacial score (nSPS) is 12.2. The van der Waals surface area contributed by atoms with E-state index in [-0.39, 0.29) is 6.04 Å². The van der Waals surface area contributed by atoms with Gasteiger partial charge in [0.05, 0.1) is 7.11 Å². The smallest absolute Gasteiger partial charge is 0.123 e. The molecule has 0 aromatic heterocycles. The van der Waals surface area contributed by atoms with Gasteiger partial charge in [0, 0.05) is 27.6 Å². The maximum Gasteiger partial charge on any atom is 0.123 e. The van der Waals surface area contributed by atoms with Gasteiger partial charge in [0.1, 0.15) is 5.75 Å². The number of hydrogen-bond acceptors (Lipinski definition) is 2. The number of methoxy groups -OCH3 is 1. The zero-order valence-corrected chi connectivity index (χ0v) is 13.8. The third-order valence-electron chi connectivity index (χ3n) is 3.22. The Bertz CT molecular complexity index is 588. The molecule has 4 heteroatoms. The van der Waals surface area contributed by atoms with Gasteiger partial charge in [0.2, 0.25) is 0 Å². The molecule has 0 aliphatic rings. The van der Waals surface area contributed by atoms with Crippen LogP contribution in [-0.4, -0.2) is 7.11 Å². The minimum absolute atomic E-state index is 0.186. The van der Waals surface area contributed by atoms with Crippen molar-refractivity contribution in [3.05, 3.63) is 63.1 Å². The molecule has 0 saturated heterocycles. The van der Waals surface area contributed by atoms with Crippen LogP contribution >= 0.6 is 27.5 Å². The molecule has 0 heterocycles. The number of rotatable bonds is 5. The second kappa shape index (κ2) is 7.11. The highest BCUT2D eigenvalue weighted by atomic mass is 79.9. The fourth-order valence-electron chi connectivity index (χ4n) is 2.06. The van der Waals surface area contributed by atoms with Crippen LogP contribution in [0.4, 0.5) is 0 Å². The third-order valence-corrected chi connectivity index (χ3v) is 4.06. The van der Waals surface area contributed by atoms with Gasteiger partial charge >= 0.3 is 0 Å². The van der Waals surface area contributed by atoms with Gasteiger partial charge < -0.3 is 10.1 Å². The summed E-state index contributed by atoms with van der Waals surface area (Å²) in [6.45, 7) is 2.83. The van der Waals surface area contributed by atoms with Crippen LogP contribution in [0.5, 0.6) is 5.75 Å². The first-order chi connectivity index (χ1) is 9.61. The van der Waals surface area contributed by atoms with E-state index in [1.807, 2.05) is 36.4 Å². The van der Waals surface area contributed by atoms with Gasteiger partial charge in [-0.25, -0.2) is 0 Å². The molecule has 0 aliphatic heterocycles. The molecule has 2 rings (SSSR count). The molecule has 0 spiro atoms. The van der Waals surface area contributed by atoms with Crippen LogP contribution in [-0.2, 0) is 6.54 Å². The molecule has 20 heavy (non-hydrogen) atoms. The number of nitrogens with one attached hydrogen (secondary N) is 1. The van der Waals surface area contributed by atoms with E-state index in [2.05, 4.69) is 34.2 Å². The van der Waals surface area contributed by atoms with Gasteiger partial charge in [-0.1, -0.05) is 51.8 Å². The van der Waals surface area contributed by atoms with Gasteiger partial charge in [-0.15, -0.1) is 0 Å². The average Bonchev–Trinajstić information content (AvgIpc) is 2.46. The summed E-state index contributed by atoms with van der Waals surface area (Å²) in [5, 5.41) is 4.23. The summed E-state index contributed by atoms with van der Waals surface area (Å²) in [5.74, 6) is 0.898. The molecule has 0 radical (unpaired) electrons. The molecular formula is C16H17BrClNO.